The Bertz CT molecular complexity index is 1750. The molecule has 7 atom stereocenters. The molecule has 15 heteroatoms. The molecule has 4 fully saturated rings. The van der Waals surface area contributed by atoms with Gasteiger partial charge in [-0.15, -0.1) is 0 Å². The summed E-state index contributed by atoms with van der Waals surface area (Å²) in [4.78, 5) is 18.0. The molecule has 48 heavy (non-hydrogen) atoms. The summed E-state index contributed by atoms with van der Waals surface area (Å²) in [6.45, 7) is 4.22. The molecule has 2 bridgehead atoms. The first kappa shape index (κ1) is 33.5. The standard InChI is InChI=1S/C33H40F2N4O7S2/c1-17(2)13-39(48(42,43)23-5-6-26-29(12-23)47-32(37-26)36-22-3-4-22)14-28(40)27(9-18-7-20(34)11-21(35)8-18)38-33(41)46-30-19-10-24-25(30)16-45-31(24)44-15-19/h5-8,11-12,17,19,22,24-25,27-28,30-31,40H,3-4,9-10,13-16H2,1-2H3,(H,36,37)(H,38,41)/t19?,24?,25?,27-,28+,30?,31?/m0/s1. The normalized spacial score (nSPS) is 26.3. The number of alkyl carbamates (subject to hydrolysis) is 1. The van der Waals surface area contributed by atoms with Crippen molar-refractivity contribution in [3.8, 4) is 0 Å². The van der Waals surface area contributed by atoms with E-state index in [0.29, 0.717) is 29.5 Å². The van der Waals surface area contributed by atoms with Crippen LogP contribution in [0.3, 0.4) is 0 Å². The lowest BCUT2D eigenvalue weighted by atomic mass is 9.98. The number of halogens is 2. The Morgan fingerprint density at radius 1 is 1.10 bits per heavy atom. The fourth-order valence-electron chi connectivity index (χ4n) is 7.12. The molecule has 2 aliphatic heterocycles. The number of fused-ring (bicyclic) bond motifs is 2. The molecule has 3 heterocycles. The molecule has 7 rings (SSSR count). The van der Waals surface area contributed by atoms with Gasteiger partial charge in [-0.3, -0.25) is 0 Å². The Morgan fingerprint density at radius 3 is 2.58 bits per heavy atom. The number of nitrogens with one attached hydrogen (secondary N) is 2. The summed E-state index contributed by atoms with van der Waals surface area (Å²) in [7, 11) is -4.13. The number of aliphatic hydroxyl groups excluding tert-OH is 1. The lowest BCUT2D eigenvalue weighted by Crippen LogP contribution is -2.52. The fraction of sp³-hybridized carbons (Fsp3) is 0.576. The number of rotatable bonds is 13. The average molecular weight is 707 g/mol. The summed E-state index contributed by atoms with van der Waals surface area (Å²) >= 11 is 1.38. The zero-order valence-electron chi connectivity index (χ0n) is 26.7. The molecule has 2 aromatic carbocycles. The van der Waals surface area contributed by atoms with E-state index in [1.165, 1.54) is 21.7 Å². The van der Waals surface area contributed by atoms with Gasteiger partial charge in [0.25, 0.3) is 0 Å². The van der Waals surface area contributed by atoms with Gasteiger partial charge >= 0.3 is 6.09 Å². The molecule has 4 aliphatic rings. The highest BCUT2D eigenvalue weighted by molar-refractivity contribution is 7.89. The molecule has 11 nitrogen and oxygen atoms in total. The first-order valence-electron chi connectivity index (χ1n) is 16.4. The number of hydrogen-bond acceptors (Lipinski definition) is 10. The minimum absolute atomic E-state index is 0.00900. The number of benzene rings is 2. The third-order valence-electron chi connectivity index (χ3n) is 9.54. The Balaban J connectivity index is 1.11. The maximum absolute atomic E-state index is 14.2. The number of aromatic nitrogens is 1. The molecule has 0 radical (unpaired) electrons. The molecule has 2 saturated carbocycles. The number of thiazole rings is 1. The van der Waals surface area contributed by atoms with Gasteiger partial charge in [0, 0.05) is 43.0 Å². The van der Waals surface area contributed by atoms with E-state index in [1.54, 1.807) is 12.1 Å². The highest BCUT2D eigenvalue weighted by atomic mass is 32.2. The predicted molar refractivity (Wildman–Crippen MR) is 174 cm³/mol. The summed E-state index contributed by atoms with van der Waals surface area (Å²) < 4.78 is 75.8. The van der Waals surface area contributed by atoms with Crippen LogP contribution < -0.4 is 10.6 Å². The number of ether oxygens (including phenoxy) is 3. The number of sulfonamides is 1. The molecule has 2 aliphatic carbocycles. The van der Waals surface area contributed by atoms with E-state index >= 15 is 0 Å². The van der Waals surface area contributed by atoms with Crippen molar-refractivity contribution in [1.82, 2.24) is 14.6 Å². The number of anilines is 1. The van der Waals surface area contributed by atoms with Gasteiger partial charge < -0.3 is 30.0 Å². The number of hydrogen-bond donors (Lipinski definition) is 3. The van der Waals surface area contributed by atoms with Crippen LogP contribution in [0.2, 0.25) is 0 Å². The van der Waals surface area contributed by atoms with Crippen LogP contribution in [0, 0.1) is 35.3 Å². The SMILES string of the molecule is CC(C)CN(C[C@@H](O)[C@H](Cc1cc(F)cc(F)c1)NC(=O)OC1C2COC3OCC1C3C2)S(=O)(=O)c1ccc2nc(NC3CC3)sc2c1. The third kappa shape index (κ3) is 7.17. The van der Waals surface area contributed by atoms with E-state index in [-0.39, 0.29) is 53.4 Å². The van der Waals surface area contributed by atoms with Crippen LogP contribution in [0.4, 0.5) is 18.7 Å². The van der Waals surface area contributed by atoms with Gasteiger partial charge in [-0.1, -0.05) is 25.2 Å². The van der Waals surface area contributed by atoms with Gasteiger partial charge in [-0.25, -0.2) is 27.0 Å². The van der Waals surface area contributed by atoms with Crippen LogP contribution in [0.25, 0.3) is 10.2 Å². The number of aliphatic hydroxyl groups is 1. The minimum atomic E-state index is -4.13. The first-order chi connectivity index (χ1) is 22.9. The summed E-state index contributed by atoms with van der Waals surface area (Å²) in [6, 6.07) is 6.96. The number of nitrogens with zero attached hydrogens (tertiary/aromatic N) is 2. The van der Waals surface area contributed by atoms with Crippen molar-refractivity contribution in [2.75, 3.05) is 31.6 Å². The van der Waals surface area contributed by atoms with Crippen LogP contribution in [0.5, 0.6) is 0 Å². The van der Waals surface area contributed by atoms with Gasteiger partial charge in [-0.05, 0) is 67.5 Å². The van der Waals surface area contributed by atoms with Crippen molar-refractivity contribution in [3.05, 3.63) is 53.6 Å². The smallest absolute Gasteiger partial charge is 0.407 e. The maximum atomic E-state index is 14.2. The van der Waals surface area contributed by atoms with Crippen molar-refractivity contribution in [2.24, 2.45) is 23.7 Å². The Morgan fingerprint density at radius 2 is 1.85 bits per heavy atom. The van der Waals surface area contributed by atoms with E-state index < -0.39 is 52.5 Å². The van der Waals surface area contributed by atoms with Crippen molar-refractivity contribution in [3.63, 3.8) is 0 Å². The molecule has 3 aromatic rings. The molecule has 5 unspecified atom stereocenters. The summed E-state index contributed by atoms with van der Waals surface area (Å²) in [5.41, 5.74) is 0.860. The largest absolute Gasteiger partial charge is 0.445 e. The van der Waals surface area contributed by atoms with E-state index in [4.69, 9.17) is 14.2 Å². The van der Waals surface area contributed by atoms with Crippen LogP contribution in [-0.4, -0.2) is 85.8 Å². The first-order valence-corrected chi connectivity index (χ1v) is 18.7. The van der Waals surface area contributed by atoms with E-state index in [2.05, 4.69) is 15.6 Å². The van der Waals surface area contributed by atoms with Gasteiger partial charge in [0.2, 0.25) is 10.0 Å². The molecule has 260 valence electrons. The van der Waals surface area contributed by atoms with Crippen molar-refractivity contribution in [2.45, 2.75) is 75.0 Å². The van der Waals surface area contributed by atoms with Gasteiger partial charge in [-0.2, -0.15) is 4.31 Å². The zero-order valence-corrected chi connectivity index (χ0v) is 28.3. The third-order valence-corrected chi connectivity index (χ3v) is 12.3. The molecular weight excluding hydrogens is 667 g/mol. The lowest BCUT2D eigenvalue weighted by molar-refractivity contribution is -0.169. The molecule has 3 N–H and O–H groups in total. The second-order valence-electron chi connectivity index (χ2n) is 13.8. The Labute approximate surface area is 282 Å². The topological polar surface area (TPSA) is 139 Å². The summed E-state index contributed by atoms with van der Waals surface area (Å²) in [5.74, 6) is -1.60. The Hall–Kier alpha value is -2.95. The predicted octanol–water partition coefficient (Wildman–Crippen LogP) is 4.50. The molecule has 2 saturated heterocycles. The van der Waals surface area contributed by atoms with E-state index in [1.807, 2.05) is 13.8 Å². The quantitative estimate of drug-likeness (QED) is 0.235. The maximum Gasteiger partial charge on any atom is 0.407 e. The van der Waals surface area contributed by atoms with Gasteiger partial charge in [0.1, 0.15) is 17.7 Å². The monoisotopic (exact) mass is 706 g/mol. The number of amides is 1. The van der Waals surface area contributed by atoms with Gasteiger partial charge in [0.15, 0.2) is 11.4 Å². The fourth-order valence-corrected chi connectivity index (χ4v) is 9.82. The molecule has 0 spiro atoms. The van der Waals surface area contributed by atoms with E-state index in [0.717, 1.165) is 42.6 Å². The molecule has 1 aromatic heterocycles. The second-order valence-corrected chi connectivity index (χ2v) is 16.8. The number of carbonyl (C=O) groups is 1. The summed E-state index contributed by atoms with van der Waals surface area (Å²) in [5, 5.41) is 18.4. The highest BCUT2D eigenvalue weighted by Gasteiger charge is 2.56. The van der Waals surface area contributed by atoms with Crippen molar-refractivity contribution < 1.29 is 41.3 Å². The average Bonchev–Trinajstić information content (AvgIpc) is 3.47. The highest BCUT2D eigenvalue weighted by Crippen LogP contribution is 2.49. The lowest BCUT2D eigenvalue weighted by Gasteiger charge is -2.31. The number of carbonyl (C=O) groups excluding carboxylic acids is 1. The van der Waals surface area contributed by atoms with Crippen LogP contribution >= 0.6 is 11.3 Å². The molecular formula is C33H40F2N4O7S2. The van der Waals surface area contributed by atoms with E-state index in [9.17, 15) is 27.1 Å². The van der Waals surface area contributed by atoms with Crippen molar-refractivity contribution in [1.29, 1.82) is 0 Å². The second kappa shape index (κ2) is 13.4. The summed E-state index contributed by atoms with van der Waals surface area (Å²) in [6.07, 6.45) is -0.245. The Kier molecular flexibility index (Phi) is 9.36. The molecule has 1 amide bonds. The van der Waals surface area contributed by atoms with Gasteiger partial charge in [0.05, 0.1) is 40.5 Å². The minimum Gasteiger partial charge on any atom is -0.445 e. The van der Waals surface area contributed by atoms with Crippen LogP contribution in [-0.2, 0) is 30.7 Å². The van der Waals surface area contributed by atoms with Crippen molar-refractivity contribution >= 4 is 42.8 Å². The van der Waals surface area contributed by atoms with Crippen LogP contribution in [0.1, 0.15) is 38.7 Å². The zero-order chi connectivity index (χ0) is 33.7. The van der Waals surface area contributed by atoms with Crippen LogP contribution in [0.15, 0.2) is 41.3 Å².